The van der Waals surface area contributed by atoms with Gasteiger partial charge in [-0.05, 0) is 50.4 Å². The van der Waals surface area contributed by atoms with E-state index in [1.165, 1.54) is 11.1 Å². The SMILES string of the molecule is CCCNCc1cc(COc2c(C)ccc(C)c2C)on1. The predicted molar refractivity (Wildman–Crippen MR) is 83.5 cm³/mol. The molecular formula is C17H24N2O2. The molecule has 0 unspecified atom stereocenters. The van der Waals surface area contributed by atoms with E-state index < -0.39 is 0 Å². The maximum Gasteiger partial charge on any atom is 0.174 e. The molecule has 0 amide bonds. The predicted octanol–water partition coefficient (Wildman–Crippen LogP) is 3.68. The molecule has 1 aromatic heterocycles. The minimum absolute atomic E-state index is 0.409. The number of aryl methyl sites for hydroxylation is 2. The first-order valence-corrected chi connectivity index (χ1v) is 7.46. The van der Waals surface area contributed by atoms with Crippen LogP contribution in [0.2, 0.25) is 0 Å². The van der Waals surface area contributed by atoms with E-state index in [-0.39, 0.29) is 0 Å². The van der Waals surface area contributed by atoms with Crippen molar-refractivity contribution >= 4 is 0 Å². The van der Waals surface area contributed by atoms with Gasteiger partial charge in [-0.3, -0.25) is 0 Å². The number of hydrogen-bond acceptors (Lipinski definition) is 4. The molecule has 0 spiro atoms. The van der Waals surface area contributed by atoms with Gasteiger partial charge in [-0.25, -0.2) is 0 Å². The summed E-state index contributed by atoms with van der Waals surface area (Å²) >= 11 is 0. The zero-order valence-electron chi connectivity index (χ0n) is 13.3. The molecule has 4 heteroatoms. The van der Waals surface area contributed by atoms with Crippen LogP contribution in [0, 0.1) is 20.8 Å². The second kappa shape index (κ2) is 7.27. The highest BCUT2D eigenvalue weighted by molar-refractivity contribution is 5.44. The maximum atomic E-state index is 5.92. The van der Waals surface area contributed by atoms with E-state index in [0.717, 1.165) is 42.3 Å². The van der Waals surface area contributed by atoms with Crippen molar-refractivity contribution < 1.29 is 9.26 Å². The van der Waals surface area contributed by atoms with Crippen LogP contribution in [0.5, 0.6) is 5.75 Å². The highest BCUT2D eigenvalue weighted by Gasteiger charge is 2.09. The van der Waals surface area contributed by atoms with Gasteiger partial charge in [0, 0.05) is 12.6 Å². The molecule has 1 N–H and O–H groups in total. The molecule has 2 aromatic rings. The smallest absolute Gasteiger partial charge is 0.174 e. The van der Waals surface area contributed by atoms with Crippen LogP contribution in [0.4, 0.5) is 0 Å². The third kappa shape index (κ3) is 4.08. The lowest BCUT2D eigenvalue weighted by Crippen LogP contribution is -2.13. The molecule has 114 valence electrons. The molecule has 4 nitrogen and oxygen atoms in total. The van der Waals surface area contributed by atoms with Gasteiger partial charge in [0.15, 0.2) is 5.76 Å². The van der Waals surface area contributed by atoms with Crippen LogP contribution in [0.3, 0.4) is 0 Å². The van der Waals surface area contributed by atoms with Crippen molar-refractivity contribution in [3.8, 4) is 5.75 Å². The molecule has 0 fully saturated rings. The number of aromatic nitrogens is 1. The van der Waals surface area contributed by atoms with Crippen molar-refractivity contribution in [1.82, 2.24) is 10.5 Å². The van der Waals surface area contributed by atoms with E-state index in [1.807, 2.05) is 6.07 Å². The molecule has 0 saturated carbocycles. The molecule has 1 aromatic carbocycles. The number of nitrogens with zero attached hydrogens (tertiary/aromatic N) is 1. The Labute approximate surface area is 126 Å². The van der Waals surface area contributed by atoms with Gasteiger partial charge in [0.25, 0.3) is 0 Å². The molecule has 0 radical (unpaired) electrons. The van der Waals surface area contributed by atoms with Gasteiger partial charge in [0.1, 0.15) is 12.4 Å². The maximum absolute atomic E-state index is 5.92. The lowest BCUT2D eigenvalue weighted by molar-refractivity contribution is 0.245. The zero-order chi connectivity index (χ0) is 15.2. The summed E-state index contributed by atoms with van der Waals surface area (Å²) in [6, 6.07) is 6.14. The fourth-order valence-electron chi connectivity index (χ4n) is 2.19. The van der Waals surface area contributed by atoms with E-state index >= 15 is 0 Å². The average Bonchev–Trinajstić information content (AvgIpc) is 2.91. The minimum Gasteiger partial charge on any atom is -0.485 e. The number of ether oxygens (including phenoxy) is 1. The Hall–Kier alpha value is -1.81. The van der Waals surface area contributed by atoms with Crippen molar-refractivity contribution in [2.24, 2.45) is 0 Å². The molecule has 0 aliphatic rings. The van der Waals surface area contributed by atoms with Gasteiger partial charge in [0.2, 0.25) is 0 Å². The van der Waals surface area contributed by atoms with E-state index in [9.17, 15) is 0 Å². The van der Waals surface area contributed by atoms with E-state index in [0.29, 0.717) is 6.61 Å². The van der Waals surface area contributed by atoms with Crippen molar-refractivity contribution in [3.63, 3.8) is 0 Å². The van der Waals surface area contributed by atoms with E-state index in [1.54, 1.807) is 0 Å². The summed E-state index contributed by atoms with van der Waals surface area (Å²) in [5.41, 5.74) is 4.47. The summed E-state index contributed by atoms with van der Waals surface area (Å²) in [6.07, 6.45) is 1.11. The molecular weight excluding hydrogens is 264 g/mol. The molecule has 0 aliphatic carbocycles. The fourth-order valence-corrected chi connectivity index (χ4v) is 2.19. The summed E-state index contributed by atoms with van der Waals surface area (Å²) in [5.74, 6) is 1.70. The molecule has 2 rings (SSSR count). The normalized spacial score (nSPS) is 10.9. The van der Waals surface area contributed by atoms with Crippen molar-refractivity contribution in [3.05, 3.63) is 46.3 Å². The number of hydrogen-bond donors (Lipinski definition) is 1. The average molecular weight is 288 g/mol. The molecule has 0 bridgehead atoms. The Morgan fingerprint density at radius 1 is 1.19 bits per heavy atom. The fraction of sp³-hybridized carbons (Fsp3) is 0.471. The second-order valence-electron chi connectivity index (χ2n) is 5.40. The number of rotatable bonds is 7. The van der Waals surface area contributed by atoms with E-state index in [4.69, 9.17) is 9.26 Å². The minimum atomic E-state index is 0.409. The van der Waals surface area contributed by atoms with Crippen molar-refractivity contribution in [1.29, 1.82) is 0 Å². The van der Waals surface area contributed by atoms with Gasteiger partial charge in [-0.15, -0.1) is 0 Å². The van der Waals surface area contributed by atoms with Crippen LogP contribution in [0.25, 0.3) is 0 Å². The topological polar surface area (TPSA) is 47.3 Å². The van der Waals surface area contributed by atoms with Crippen LogP contribution in [-0.2, 0) is 13.2 Å². The lowest BCUT2D eigenvalue weighted by Gasteiger charge is -2.12. The molecule has 1 heterocycles. The second-order valence-corrected chi connectivity index (χ2v) is 5.40. The van der Waals surface area contributed by atoms with E-state index in [2.05, 4.69) is 50.3 Å². The van der Waals surface area contributed by atoms with Crippen LogP contribution >= 0.6 is 0 Å². The third-order valence-corrected chi connectivity index (χ3v) is 3.57. The summed E-state index contributed by atoms with van der Waals surface area (Å²) < 4.78 is 11.2. The monoisotopic (exact) mass is 288 g/mol. The summed E-state index contributed by atoms with van der Waals surface area (Å²) in [4.78, 5) is 0. The Kier molecular flexibility index (Phi) is 5.39. The Morgan fingerprint density at radius 2 is 1.95 bits per heavy atom. The van der Waals surface area contributed by atoms with Crippen LogP contribution in [-0.4, -0.2) is 11.7 Å². The largest absolute Gasteiger partial charge is 0.485 e. The molecule has 0 saturated heterocycles. The highest BCUT2D eigenvalue weighted by atomic mass is 16.5. The third-order valence-electron chi connectivity index (χ3n) is 3.57. The van der Waals surface area contributed by atoms with Gasteiger partial charge in [0.05, 0.1) is 5.69 Å². The Balaban J connectivity index is 1.96. The number of nitrogens with one attached hydrogen (secondary N) is 1. The lowest BCUT2D eigenvalue weighted by atomic mass is 10.1. The highest BCUT2D eigenvalue weighted by Crippen LogP contribution is 2.26. The molecule has 21 heavy (non-hydrogen) atoms. The summed E-state index contributed by atoms with van der Waals surface area (Å²) in [5, 5.41) is 7.35. The zero-order valence-corrected chi connectivity index (χ0v) is 13.3. The van der Waals surface area contributed by atoms with Gasteiger partial charge in [-0.2, -0.15) is 0 Å². The van der Waals surface area contributed by atoms with Gasteiger partial charge >= 0.3 is 0 Å². The van der Waals surface area contributed by atoms with Gasteiger partial charge < -0.3 is 14.6 Å². The Morgan fingerprint density at radius 3 is 2.71 bits per heavy atom. The first-order chi connectivity index (χ1) is 10.1. The van der Waals surface area contributed by atoms with Crippen LogP contribution < -0.4 is 10.1 Å². The standard InChI is InChI=1S/C17H24N2O2/c1-5-8-18-10-15-9-16(21-19-15)11-20-17-13(3)7-6-12(2)14(17)4/h6-7,9,18H,5,8,10-11H2,1-4H3. The molecule has 0 aliphatic heterocycles. The first-order valence-electron chi connectivity index (χ1n) is 7.46. The van der Waals surface area contributed by atoms with Crippen molar-refractivity contribution in [2.45, 2.75) is 47.3 Å². The summed E-state index contributed by atoms with van der Waals surface area (Å²) in [6.45, 7) is 10.5. The van der Waals surface area contributed by atoms with Crippen molar-refractivity contribution in [2.75, 3.05) is 6.54 Å². The van der Waals surface area contributed by atoms with Gasteiger partial charge in [-0.1, -0.05) is 24.2 Å². The van der Waals surface area contributed by atoms with Crippen LogP contribution in [0.1, 0.15) is 41.5 Å². The molecule has 0 atom stereocenters. The van der Waals surface area contributed by atoms with Crippen LogP contribution in [0.15, 0.2) is 22.7 Å². The number of benzene rings is 1. The summed E-state index contributed by atoms with van der Waals surface area (Å²) in [7, 11) is 0. The quantitative estimate of drug-likeness (QED) is 0.790. The Bertz CT molecular complexity index is 590. The first kappa shape index (κ1) is 15.6.